The van der Waals surface area contributed by atoms with Crippen molar-refractivity contribution >= 4 is 39.5 Å². The molecule has 0 spiro atoms. The van der Waals surface area contributed by atoms with Crippen LogP contribution >= 0.6 is 12.0 Å². The van der Waals surface area contributed by atoms with Crippen molar-refractivity contribution in [1.29, 1.82) is 0 Å². The Morgan fingerprint density at radius 3 is 2.18 bits per heavy atom. The molecule has 166 valence electrons. The fourth-order valence-electron chi connectivity index (χ4n) is 2.70. The summed E-state index contributed by atoms with van der Waals surface area (Å²) in [7, 11) is -4.66. The van der Waals surface area contributed by atoms with Crippen LogP contribution in [0.15, 0.2) is 68.6 Å². The molecule has 0 radical (unpaired) electrons. The molecular formula is C16H13N4Na3O9S2. The number of carbonyl (C=O) groups is 1. The Bertz CT molecular complexity index is 1060. The smallest absolute Gasteiger partial charge is 0.744 e. The zero-order valence-electron chi connectivity index (χ0n) is 18.2. The fourth-order valence-corrected chi connectivity index (χ4v) is 3.52. The molecule has 13 nitrogen and oxygen atoms in total. The van der Waals surface area contributed by atoms with Crippen molar-refractivity contribution in [1.82, 2.24) is 5.43 Å². The molecule has 0 aromatic heterocycles. The molecule has 0 bridgehead atoms. The van der Waals surface area contributed by atoms with E-state index < -0.39 is 39.3 Å². The number of anilines is 1. The first-order valence-corrected chi connectivity index (χ1v) is 10.5. The van der Waals surface area contributed by atoms with E-state index in [1.54, 1.807) is 0 Å². The predicted molar refractivity (Wildman–Crippen MR) is 97.6 cm³/mol. The summed E-state index contributed by atoms with van der Waals surface area (Å²) in [6, 6.07) is 7.84. The number of hydrogen-bond acceptors (Lipinski definition) is 14. The summed E-state index contributed by atoms with van der Waals surface area (Å²) in [5.74, 6) is -1.55. The van der Waals surface area contributed by atoms with E-state index >= 15 is 0 Å². The van der Waals surface area contributed by atoms with Gasteiger partial charge in [0.1, 0.15) is 16.2 Å². The van der Waals surface area contributed by atoms with Gasteiger partial charge in [0.15, 0.2) is 6.23 Å². The SMILES string of the molecule is O=C([O-])C1NN(c2ccc(S(=O)(=O)[O-])cc2)C(O)C1N=Nc1ccc(SOO[O-])cc1.[Na+].[Na+].[Na+]. The second-order valence-electron chi connectivity index (χ2n) is 6.08. The first-order valence-electron chi connectivity index (χ1n) is 8.35. The standard InChI is InChI=1S/C16H16N4O9S2.3Na/c21-15-13(18-17-9-1-5-11(6-2-9)30-29-28-24)14(16(22)23)19-20(15)10-3-7-12(8-4-10)31(25,26)27;;;/h1-8,13-15,19,21,24H,(H,22,23)(H,25,26,27);;;/q;3*+1/p-3. The average Bonchev–Trinajstić information content (AvgIpc) is 3.07. The normalized spacial score (nSPS) is 19.7. The van der Waals surface area contributed by atoms with Crippen molar-refractivity contribution in [2.24, 2.45) is 10.2 Å². The van der Waals surface area contributed by atoms with Gasteiger partial charge in [0.2, 0.25) is 0 Å². The van der Waals surface area contributed by atoms with Gasteiger partial charge in [-0.05, 0) is 48.5 Å². The van der Waals surface area contributed by atoms with E-state index in [2.05, 4.69) is 25.0 Å². The molecule has 1 aliphatic rings. The Morgan fingerprint density at radius 2 is 1.68 bits per heavy atom. The van der Waals surface area contributed by atoms with Crippen molar-refractivity contribution in [3.05, 3.63) is 48.5 Å². The van der Waals surface area contributed by atoms with E-state index in [-0.39, 0.29) is 94.4 Å². The summed E-state index contributed by atoms with van der Waals surface area (Å²) in [5, 5.41) is 43.9. The number of hydrazine groups is 1. The van der Waals surface area contributed by atoms with Crippen LogP contribution in [-0.4, -0.2) is 42.4 Å². The molecule has 2 aromatic carbocycles. The van der Waals surface area contributed by atoms with Crippen molar-refractivity contribution in [3.63, 3.8) is 0 Å². The molecule has 1 saturated heterocycles. The number of nitrogens with zero attached hydrogens (tertiary/aromatic N) is 3. The van der Waals surface area contributed by atoms with Crippen LogP contribution in [0.4, 0.5) is 11.4 Å². The molecule has 3 atom stereocenters. The number of benzene rings is 2. The average molecular weight is 538 g/mol. The molecular weight excluding hydrogens is 525 g/mol. The second-order valence-corrected chi connectivity index (χ2v) is 8.23. The minimum atomic E-state index is -4.66. The monoisotopic (exact) mass is 538 g/mol. The number of aliphatic hydroxyl groups is 1. The Morgan fingerprint density at radius 1 is 1.09 bits per heavy atom. The Balaban J connectivity index is 0.00000363. The summed E-state index contributed by atoms with van der Waals surface area (Å²) in [6.45, 7) is 0. The number of hydrogen-bond donors (Lipinski definition) is 2. The molecule has 34 heavy (non-hydrogen) atoms. The maximum atomic E-state index is 11.5. The quantitative estimate of drug-likeness (QED) is 0.0805. The van der Waals surface area contributed by atoms with E-state index in [0.29, 0.717) is 22.6 Å². The number of carboxylic acids is 1. The molecule has 2 aromatic rings. The van der Waals surface area contributed by atoms with E-state index in [9.17, 15) is 33.2 Å². The zero-order valence-corrected chi connectivity index (χ0v) is 25.9. The molecule has 18 heteroatoms. The van der Waals surface area contributed by atoms with Crippen molar-refractivity contribution in [3.8, 4) is 0 Å². The first kappa shape index (κ1) is 34.4. The number of carboxylic acid groups (broad SMARTS) is 1. The van der Waals surface area contributed by atoms with Crippen LogP contribution in [0.3, 0.4) is 0 Å². The molecule has 3 rings (SSSR count). The minimum Gasteiger partial charge on any atom is -0.744 e. The third-order valence-electron chi connectivity index (χ3n) is 4.15. The molecule has 2 N–H and O–H groups in total. The van der Waals surface area contributed by atoms with Crippen LogP contribution in [-0.2, 0) is 24.3 Å². The van der Waals surface area contributed by atoms with Crippen LogP contribution < -0.4 is 109 Å². The first-order chi connectivity index (χ1) is 14.7. The van der Waals surface area contributed by atoms with Gasteiger partial charge >= 0.3 is 88.7 Å². The van der Waals surface area contributed by atoms with Crippen molar-refractivity contribution < 1.29 is 131 Å². The number of carbonyl (C=O) groups excluding carboxylic acids is 1. The molecule has 1 aliphatic heterocycles. The number of aliphatic carboxylic acids is 1. The molecule has 1 fully saturated rings. The van der Waals surface area contributed by atoms with Gasteiger partial charge in [0.05, 0.1) is 40.3 Å². The summed E-state index contributed by atoms with van der Waals surface area (Å²) in [5.41, 5.74) is 3.02. The van der Waals surface area contributed by atoms with E-state index in [1.807, 2.05) is 0 Å². The van der Waals surface area contributed by atoms with Crippen molar-refractivity contribution in [2.45, 2.75) is 28.1 Å². The van der Waals surface area contributed by atoms with E-state index in [1.165, 1.54) is 36.4 Å². The Kier molecular flexibility index (Phi) is 15.8. The van der Waals surface area contributed by atoms with E-state index in [0.717, 1.165) is 17.1 Å². The maximum absolute atomic E-state index is 11.5. The van der Waals surface area contributed by atoms with Gasteiger partial charge in [-0.25, -0.2) is 13.8 Å². The maximum Gasteiger partial charge on any atom is 1.00 e. The molecule has 0 aliphatic carbocycles. The Hall–Kier alpha value is 0.370. The number of azo groups is 1. The van der Waals surface area contributed by atoms with E-state index in [4.69, 9.17) is 0 Å². The largest absolute Gasteiger partial charge is 1.00 e. The van der Waals surface area contributed by atoms with Crippen LogP contribution in [0.25, 0.3) is 0 Å². The molecule has 1 heterocycles. The fraction of sp³-hybridized carbons (Fsp3) is 0.188. The van der Waals surface area contributed by atoms with Crippen LogP contribution in [0.1, 0.15) is 0 Å². The summed E-state index contributed by atoms with van der Waals surface area (Å²) in [4.78, 5) is 11.5. The summed E-state index contributed by atoms with van der Waals surface area (Å²) >= 11 is 0.671. The van der Waals surface area contributed by atoms with Crippen LogP contribution in [0.5, 0.6) is 0 Å². The topological polar surface area (TPSA) is 199 Å². The van der Waals surface area contributed by atoms with Crippen LogP contribution in [0, 0.1) is 0 Å². The van der Waals surface area contributed by atoms with Gasteiger partial charge in [-0.2, -0.15) is 14.6 Å². The second kappa shape index (κ2) is 15.6. The van der Waals surface area contributed by atoms with Crippen LogP contribution in [0.2, 0.25) is 0 Å². The molecule has 0 amide bonds. The third kappa shape index (κ3) is 9.04. The van der Waals surface area contributed by atoms with Gasteiger partial charge in [0.25, 0.3) is 0 Å². The molecule has 0 saturated carbocycles. The summed E-state index contributed by atoms with van der Waals surface area (Å²) in [6.07, 6.45) is -1.50. The number of nitrogens with one attached hydrogen (secondary N) is 1. The predicted octanol–water partition coefficient (Wildman–Crippen LogP) is -10.3. The number of rotatable bonds is 8. The van der Waals surface area contributed by atoms with Gasteiger partial charge in [-0.3, -0.25) is 10.0 Å². The van der Waals surface area contributed by atoms with Gasteiger partial charge in [-0.1, -0.05) is 0 Å². The van der Waals surface area contributed by atoms with Gasteiger partial charge < -0.3 is 24.8 Å². The van der Waals surface area contributed by atoms with Crippen molar-refractivity contribution in [2.75, 3.05) is 5.01 Å². The Labute approximate surface area is 264 Å². The van der Waals surface area contributed by atoms with Gasteiger partial charge in [0, 0.05) is 4.90 Å². The zero-order chi connectivity index (χ0) is 22.6. The van der Waals surface area contributed by atoms with Gasteiger partial charge in [-0.15, -0.1) is 0 Å². The number of aliphatic hydroxyl groups excluding tert-OH is 1. The molecule has 3 unspecified atom stereocenters. The third-order valence-corrected chi connectivity index (χ3v) is 5.59. The summed E-state index contributed by atoms with van der Waals surface area (Å²) < 4.78 is 37.3. The minimum absolute atomic E-state index is 0.